The predicted molar refractivity (Wildman–Crippen MR) is 104 cm³/mol. The van der Waals surface area contributed by atoms with Crippen LogP contribution in [0.1, 0.15) is 27.9 Å². The van der Waals surface area contributed by atoms with Crippen molar-refractivity contribution in [3.8, 4) is 0 Å². The summed E-state index contributed by atoms with van der Waals surface area (Å²) in [6, 6.07) is 9.34. The summed E-state index contributed by atoms with van der Waals surface area (Å²) in [5.74, 6) is -2.81. The number of fused-ring (bicyclic) bond motifs is 1. The standard InChI is InChI=1S/C19H16F2INO3/c1-11-5-7-13-15(9-11)23(10-17(24)25)16(22-19(13)26)8-6-12-3-2-4-14(20)18(12)21/h2-5,7,9H,6,8,10H2,1H3,(H,24,25). The second kappa shape index (κ2) is 7.61. The molecule has 1 aliphatic rings. The largest absolute Gasteiger partial charge is 0.480 e. The zero-order chi connectivity index (χ0) is 18.8. The topological polar surface area (TPSA) is 57.6 Å². The molecule has 1 heterocycles. The second-order valence-electron chi connectivity index (χ2n) is 5.96. The fourth-order valence-corrected chi connectivity index (χ4v) is 5.40. The molecular weight excluding hydrogens is 455 g/mol. The first-order chi connectivity index (χ1) is 12.4. The molecule has 1 N–H and O–H groups in total. The third-order valence-electron chi connectivity index (χ3n) is 4.07. The molecule has 0 amide bonds. The highest BCUT2D eigenvalue weighted by Gasteiger charge is 2.27. The van der Waals surface area contributed by atoms with E-state index in [0.717, 1.165) is 11.6 Å². The number of carbonyl (C=O) groups excluding carboxylic acids is 1. The second-order valence-corrected chi connectivity index (χ2v) is 8.72. The van der Waals surface area contributed by atoms with Crippen LogP contribution in [0.5, 0.6) is 0 Å². The number of benzene rings is 2. The molecule has 0 atom stereocenters. The lowest BCUT2D eigenvalue weighted by atomic mass is 10.1. The Labute approximate surface area is 159 Å². The molecule has 7 heteroatoms. The van der Waals surface area contributed by atoms with E-state index in [1.165, 1.54) is 12.1 Å². The van der Waals surface area contributed by atoms with Gasteiger partial charge in [0.2, 0.25) is 3.79 Å². The van der Waals surface area contributed by atoms with Crippen molar-refractivity contribution in [1.29, 1.82) is 0 Å². The van der Waals surface area contributed by atoms with Gasteiger partial charge in [-0.3, -0.25) is 9.59 Å². The summed E-state index contributed by atoms with van der Waals surface area (Å²) in [4.78, 5) is 25.5. The highest BCUT2D eigenvalue weighted by atomic mass is 127. The van der Waals surface area contributed by atoms with Crippen LogP contribution in [-0.2, 0) is 11.2 Å². The van der Waals surface area contributed by atoms with E-state index in [0.29, 0.717) is 21.3 Å². The fourth-order valence-electron chi connectivity index (χ4n) is 2.83. The van der Waals surface area contributed by atoms with Gasteiger partial charge in [0.25, 0.3) is 0 Å². The molecule has 0 spiro atoms. The molecule has 0 radical (unpaired) electrons. The minimum atomic E-state index is -1.08. The van der Waals surface area contributed by atoms with Gasteiger partial charge in [0.15, 0.2) is 11.6 Å². The quantitative estimate of drug-likeness (QED) is 0.528. The molecule has 0 saturated heterocycles. The summed E-state index contributed by atoms with van der Waals surface area (Å²) in [5, 5.41) is 9.27. The number of carbonyl (C=O) groups is 2. The van der Waals surface area contributed by atoms with Gasteiger partial charge in [-0.1, -0.05) is 18.2 Å². The maximum atomic E-state index is 13.9. The number of aliphatic carboxylic acids is 1. The minimum absolute atomic E-state index is 0.00940. The van der Waals surface area contributed by atoms with E-state index in [1.807, 2.05) is 13.0 Å². The Kier molecular flexibility index (Phi) is 5.45. The number of rotatable bonds is 5. The van der Waals surface area contributed by atoms with Crippen molar-refractivity contribution in [2.45, 2.75) is 19.8 Å². The first-order valence-corrected chi connectivity index (χ1v) is 10.1. The molecule has 0 fully saturated rings. The van der Waals surface area contributed by atoms with Crippen LogP contribution >= 0.6 is 20.7 Å². The van der Waals surface area contributed by atoms with Crippen molar-refractivity contribution in [1.82, 2.24) is 0 Å². The van der Waals surface area contributed by atoms with Crippen LogP contribution in [-0.4, -0.2) is 25.0 Å². The molecule has 26 heavy (non-hydrogen) atoms. The summed E-state index contributed by atoms with van der Waals surface area (Å²) in [6.07, 6.45) is 0.531. The highest BCUT2D eigenvalue weighted by molar-refractivity contribution is 14.2. The maximum Gasteiger partial charge on any atom is 0.323 e. The van der Waals surface area contributed by atoms with E-state index >= 15 is 0 Å². The number of anilines is 1. The lowest BCUT2D eigenvalue weighted by molar-refractivity contribution is -0.135. The monoisotopic (exact) mass is 471 g/mol. The number of hydrogen-bond acceptors (Lipinski definition) is 3. The van der Waals surface area contributed by atoms with Crippen molar-refractivity contribution in [3.05, 3.63) is 64.7 Å². The van der Waals surface area contributed by atoms with Crippen LogP contribution in [0.25, 0.3) is 0 Å². The van der Waals surface area contributed by atoms with Crippen LogP contribution in [0, 0.1) is 18.6 Å². The zero-order valence-electron chi connectivity index (χ0n) is 13.9. The predicted octanol–water partition coefficient (Wildman–Crippen LogP) is 4.05. The van der Waals surface area contributed by atoms with Crippen LogP contribution < -0.4 is 4.90 Å². The van der Waals surface area contributed by atoms with Gasteiger partial charge < -0.3 is 10.0 Å². The SMILES string of the molecule is Cc1ccc2c(c1)N(CC(=O)O)C(CCc1cccc(F)c1F)=IC2=O. The van der Waals surface area contributed by atoms with Gasteiger partial charge in [-0.2, -0.15) is 0 Å². The van der Waals surface area contributed by atoms with Gasteiger partial charge in [-0.25, -0.2) is 8.78 Å². The molecular formula is C19H16F2INO3. The third kappa shape index (κ3) is 3.82. The van der Waals surface area contributed by atoms with Crippen molar-refractivity contribution >= 4 is 39.8 Å². The van der Waals surface area contributed by atoms with E-state index in [4.69, 9.17) is 0 Å². The Morgan fingerprint density at radius 3 is 2.69 bits per heavy atom. The first kappa shape index (κ1) is 18.6. The number of carboxylic acid groups (broad SMARTS) is 1. The minimum Gasteiger partial charge on any atom is -0.480 e. The molecule has 3 rings (SSSR count). The van der Waals surface area contributed by atoms with Gasteiger partial charge in [0, 0.05) is 0 Å². The van der Waals surface area contributed by atoms with Crippen molar-refractivity contribution < 1.29 is 23.5 Å². The Balaban J connectivity index is 1.93. The summed E-state index contributed by atoms with van der Waals surface area (Å²) < 4.78 is 28.0. The van der Waals surface area contributed by atoms with Crippen molar-refractivity contribution in [2.24, 2.45) is 0 Å². The molecule has 0 bridgehead atoms. The van der Waals surface area contributed by atoms with E-state index < -0.39 is 38.3 Å². The summed E-state index contributed by atoms with van der Waals surface area (Å²) in [7, 11) is 0. The normalized spacial score (nSPS) is 13.7. The van der Waals surface area contributed by atoms with Crippen LogP contribution in [0.2, 0.25) is 0 Å². The smallest absolute Gasteiger partial charge is 0.323 e. The number of halogens is 3. The lowest BCUT2D eigenvalue weighted by Gasteiger charge is -2.30. The van der Waals surface area contributed by atoms with Gasteiger partial charge in [-0.05, 0) is 69.8 Å². The Hall–Kier alpha value is -2.16. The molecule has 136 valence electrons. The first-order valence-electron chi connectivity index (χ1n) is 7.94. The maximum absolute atomic E-state index is 13.9. The third-order valence-corrected chi connectivity index (χ3v) is 6.88. The number of aryl methyl sites for hydroxylation is 2. The average Bonchev–Trinajstić information content (AvgIpc) is 2.58. The fraction of sp³-hybridized carbons (Fsp3) is 0.211. The summed E-state index contributed by atoms with van der Waals surface area (Å²) in [5.41, 5.74) is 2.25. The van der Waals surface area contributed by atoms with E-state index in [2.05, 4.69) is 0 Å². The van der Waals surface area contributed by atoms with Crippen LogP contribution in [0.4, 0.5) is 14.5 Å². The molecule has 0 saturated carbocycles. The number of hydrogen-bond donors (Lipinski definition) is 1. The average molecular weight is 471 g/mol. The zero-order valence-corrected chi connectivity index (χ0v) is 16.1. The van der Waals surface area contributed by atoms with Crippen LogP contribution in [0.15, 0.2) is 36.4 Å². The Morgan fingerprint density at radius 2 is 1.96 bits per heavy atom. The molecule has 4 nitrogen and oxygen atoms in total. The molecule has 0 aliphatic carbocycles. The lowest BCUT2D eigenvalue weighted by Crippen LogP contribution is -2.38. The number of carboxylic acids is 1. The van der Waals surface area contributed by atoms with Gasteiger partial charge in [0.05, 0.1) is 14.9 Å². The summed E-state index contributed by atoms with van der Waals surface area (Å²) in [6.45, 7) is 1.61. The van der Waals surface area contributed by atoms with Crippen LogP contribution in [0.3, 0.4) is 0 Å². The van der Waals surface area contributed by atoms with E-state index in [1.54, 1.807) is 17.0 Å². The molecule has 2 aromatic rings. The van der Waals surface area contributed by atoms with Crippen molar-refractivity contribution in [2.75, 3.05) is 11.4 Å². The van der Waals surface area contributed by atoms with E-state index in [9.17, 15) is 23.5 Å². The molecule has 2 aromatic carbocycles. The Bertz CT molecular complexity index is 927. The highest BCUT2D eigenvalue weighted by Crippen LogP contribution is 2.34. The molecule has 0 aromatic heterocycles. The number of nitrogens with zero attached hydrogens (tertiary/aromatic N) is 1. The van der Waals surface area contributed by atoms with E-state index in [-0.39, 0.29) is 22.3 Å². The van der Waals surface area contributed by atoms with Gasteiger partial charge in [0.1, 0.15) is 6.54 Å². The Morgan fingerprint density at radius 1 is 1.19 bits per heavy atom. The van der Waals surface area contributed by atoms with Gasteiger partial charge >= 0.3 is 5.97 Å². The van der Waals surface area contributed by atoms with Crippen molar-refractivity contribution in [3.63, 3.8) is 0 Å². The summed E-state index contributed by atoms with van der Waals surface area (Å²) >= 11 is -1.08. The van der Waals surface area contributed by atoms with Gasteiger partial charge in [-0.15, -0.1) is 0 Å². The molecule has 1 aliphatic heterocycles. The molecule has 0 unspecified atom stereocenters.